The summed E-state index contributed by atoms with van der Waals surface area (Å²) in [5, 5.41) is 4.52. The van der Waals surface area contributed by atoms with E-state index in [2.05, 4.69) is 36.6 Å². The molecule has 102 valence electrons. The van der Waals surface area contributed by atoms with E-state index in [1.54, 1.807) is 0 Å². The molecule has 1 fully saturated rings. The number of hydrogen-bond acceptors (Lipinski definition) is 2. The van der Waals surface area contributed by atoms with Gasteiger partial charge in [0.25, 0.3) is 0 Å². The third-order valence-electron chi connectivity index (χ3n) is 4.80. The molecular weight excluding hydrogens is 222 g/mol. The van der Waals surface area contributed by atoms with Gasteiger partial charge in [0.1, 0.15) is 0 Å². The van der Waals surface area contributed by atoms with E-state index in [1.165, 1.54) is 37.8 Å². The maximum absolute atomic E-state index is 6.55. The van der Waals surface area contributed by atoms with E-state index in [0.29, 0.717) is 5.41 Å². The van der Waals surface area contributed by atoms with Crippen LogP contribution in [0.15, 0.2) is 6.07 Å². The van der Waals surface area contributed by atoms with Crippen LogP contribution in [0.25, 0.3) is 0 Å². The van der Waals surface area contributed by atoms with Gasteiger partial charge in [0, 0.05) is 24.7 Å². The molecule has 1 aromatic heterocycles. The lowest BCUT2D eigenvalue weighted by molar-refractivity contribution is 0.216. The predicted molar refractivity (Wildman–Crippen MR) is 75.5 cm³/mol. The lowest BCUT2D eigenvalue weighted by atomic mass is 9.75. The number of aromatic nitrogens is 2. The second-order valence-electron chi connectivity index (χ2n) is 5.83. The second-order valence-corrected chi connectivity index (χ2v) is 5.83. The zero-order chi connectivity index (χ0) is 13.2. The van der Waals surface area contributed by atoms with Crippen molar-refractivity contribution < 1.29 is 0 Å². The zero-order valence-electron chi connectivity index (χ0n) is 12.1. The highest BCUT2D eigenvalue weighted by Gasteiger charge is 2.38. The Kier molecular flexibility index (Phi) is 4.10. The molecule has 1 aliphatic carbocycles. The summed E-state index contributed by atoms with van der Waals surface area (Å²) in [5.74, 6) is 0. The lowest BCUT2D eigenvalue weighted by Gasteiger charge is -2.34. The van der Waals surface area contributed by atoms with Crippen LogP contribution < -0.4 is 5.73 Å². The molecule has 0 bridgehead atoms. The van der Waals surface area contributed by atoms with Crippen molar-refractivity contribution in [1.82, 2.24) is 9.78 Å². The van der Waals surface area contributed by atoms with Crippen molar-refractivity contribution in [1.29, 1.82) is 0 Å². The van der Waals surface area contributed by atoms with Crippen molar-refractivity contribution >= 4 is 0 Å². The van der Waals surface area contributed by atoms with E-state index in [1.807, 2.05) is 0 Å². The highest BCUT2D eigenvalue weighted by atomic mass is 15.3. The van der Waals surface area contributed by atoms with Gasteiger partial charge in [-0.25, -0.2) is 0 Å². The average molecular weight is 249 g/mol. The van der Waals surface area contributed by atoms with Crippen LogP contribution in [0, 0.1) is 12.3 Å². The van der Waals surface area contributed by atoms with Crippen LogP contribution in [-0.2, 0) is 13.0 Å². The summed E-state index contributed by atoms with van der Waals surface area (Å²) in [6.07, 6.45) is 7.52. The van der Waals surface area contributed by atoms with Crippen LogP contribution >= 0.6 is 0 Å². The molecular formula is C15H27N3. The van der Waals surface area contributed by atoms with Crippen LogP contribution in [0.4, 0.5) is 0 Å². The van der Waals surface area contributed by atoms with Crippen LogP contribution in [0.3, 0.4) is 0 Å². The number of hydrogen-bond donors (Lipinski definition) is 1. The Morgan fingerprint density at radius 2 is 2.06 bits per heavy atom. The number of nitrogens with zero attached hydrogens (tertiary/aromatic N) is 2. The molecule has 1 saturated carbocycles. The molecule has 0 aromatic carbocycles. The Morgan fingerprint density at radius 3 is 2.61 bits per heavy atom. The van der Waals surface area contributed by atoms with Gasteiger partial charge in [-0.15, -0.1) is 0 Å². The van der Waals surface area contributed by atoms with Crippen molar-refractivity contribution in [3.05, 3.63) is 17.5 Å². The summed E-state index contributed by atoms with van der Waals surface area (Å²) in [4.78, 5) is 0. The third-order valence-corrected chi connectivity index (χ3v) is 4.80. The molecule has 3 heteroatoms. The zero-order valence-corrected chi connectivity index (χ0v) is 12.1. The third kappa shape index (κ3) is 2.46. The monoisotopic (exact) mass is 249 g/mol. The quantitative estimate of drug-likeness (QED) is 0.871. The molecule has 1 aliphatic rings. The highest BCUT2D eigenvalue weighted by Crippen LogP contribution is 2.43. The Labute approximate surface area is 111 Å². The molecule has 2 rings (SSSR count). The molecule has 1 heterocycles. The van der Waals surface area contributed by atoms with E-state index in [9.17, 15) is 0 Å². The SMILES string of the molecule is CCn1nc(C)cc1CC(N)C1(CC)CCCC1. The minimum Gasteiger partial charge on any atom is -0.327 e. The molecule has 1 atom stereocenters. The number of nitrogens with two attached hydrogens (primary N) is 1. The fraction of sp³-hybridized carbons (Fsp3) is 0.800. The summed E-state index contributed by atoms with van der Waals surface area (Å²) in [7, 11) is 0. The predicted octanol–water partition coefficient (Wildman–Crippen LogP) is 3.05. The summed E-state index contributed by atoms with van der Waals surface area (Å²) < 4.78 is 2.10. The van der Waals surface area contributed by atoms with Gasteiger partial charge in [-0.05, 0) is 44.6 Å². The molecule has 0 radical (unpaired) electrons. The van der Waals surface area contributed by atoms with E-state index in [-0.39, 0.29) is 6.04 Å². The lowest BCUT2D eigenvalue weighted by Crippen LogP contribution is -2.41. The Balaban J connectivity index is 2.12. The largest absolute Gasteiger partial charge is 0.327 e. The van der Waals surface area contributed by atoms with Gasteiger partial charge in [0.05, 0.1) is 5.69 Å². The fourth-order valence-corrected chi connectivity index (χ4v) is 3.54. The van der Waals surface area contributed by atoms with Crippen LogP contribution in [0.1, 0.15) is 57.3 Å². The van der Waals surface area contributed by atoms with Gasteiger partial charge in [0.2, 0.25) is 0 Å². The van der Waals surface area contributed by atoms with Gasteiger partial charge >= 0.3 is 0 Å². The van der Waals surface area contributed by atoms with E-state index in [0.717, 1.165) is 18.7 Å². The molecule has 1 unspecified atom stereocenters. The summed E-state index contributed by atoms with van der Waals surface area (Å²) in [5.41, 5.74) is 9.35. The van der Waals surface area contributed by atoms with Crippen LogP contribution in [0.2, 0.25) is 0 Å². The van der Waals surface area contributed by atoms with Crippen molar-refractivity contribution in [2.24, 2.45) is 11.1 Å². The van der Waals surface area contributed by atoms with Crippen LogP contribution in [0.5, 0.6) is 0 Å². The number of rotatable bonds is 5. The van der Waals surface area contributed by atoms with Gasteiger partial charge in [-0.2, -0.15) is 5.10 Å². The summed E-state index contributed by atoms with van der Waals surface area (Å²) in [6.45, 7) is 7.45. The van der Waals surface area contributed by atoms with Gasteiger partial charge in [0.15, 0.2) is 0 Å². The van der Waals surface area contributed by atoms with Gasteiger partial charge in [-0.1, -0.05) is 19.8 Å². The Bertz CT molecular complexity index is 388. The first-order valence-corrected chi connectivity index (χ1v) is 7.40. The van der Waals surface area contributed by atoms with Crippen molar-refractivity contribution in [3.8, 4) is 0 Å². The molecule has 0 spiro atoms. The van der Waals surface area contributed by atoms with E-state index in [4.69, 9.17) is 5.73 Å². The summed E-state index contributed by atoms with van der Waals surface area (Å²) in [6, 6.07) is 2.48. The first-order chi connectivity index (χ1) is 8.61. The average Bonchev–Trinajstić information content (AvgIpc) is 2.96. The number of aryl methyl sites for hydroxylation is 2. The standard InChI is InChI=1S/C15H27N3/c1-4-15(8-6-7-9-15)14(16)11-13-10-12(3)17-18(13)5-2/h10,14H,4-9,11,16H2,1-3H3. The van der Waals surface area contributed by atoms with E-state index < -0.39 is 0 Å². The topological polar surface area (TPSA) is 43.8 Å². The normalized spacial score (nSPS) is 20.2. The maximum atomic E-state index is 6.55. The van der Waals surface area contributed by atoms with Crippen molar-refractivity contribution in [3.63, 3.8) is 0 Å². The van der Waals surface area contributed by atoms with Crippen LogP contribution in [-0.4, -0.2) is 15.8 Å². The minimum atomic E-state index is 0.284. The molecule has 0 aliphatic heterocycles. The van der Waals surface area contributed by atoms with Crippen molar-refractivity contribution in [2.75, 3.05) is 0 Å². The molecule has 18 heavy (non-hydrogen) atoms. The smallest absolute Gasteiger partial charge is 0.0596 e. The molecule has 2 N–H and O–H groups in total. The molecule has 0 amide bonds. The molecule has 0 saturated heterocycles. The maximum Gasteiger partial charge on any atom is 0.0596 e. The molecule has 3 nitrogen and oxygen atoms in total. The first-order valence-electron chi connectivity index (χ1n) is 7.40. The van der Waals surface area contributed by atoms with E-state index >= 15 is 0 Å². The fourth-order valence-electron chi connectivity index (χ4n) is 3.54. The first kappa shape index (κ1) is 13.6. The Morgan fingerprint density at radius 1 is 1.39 bits per heavy atom. The van der Waals surface area contributed by atoms with Gasteiger partial charge < -0.3 is 5.73 Å². The highest BCUT2D eigenvalue weighted by molar-refractivity contribution is 5.12. The van der Waals surface area contributed by atoms with Crippen molar-refractivity contribution in [2.45, 2.75) is 71.9 Å². The minimum absolute atomic E-state index is 0.284. The molecule has 1 aromatic rings. The second kappa shape index (κ2) is 5.43. The Hall–Kier alpha value is -0.830. The summed E-state index contributed by atoms with van der Waals surface area (Å²) >= 11 is 0. The van der Waals surface area contributed by atoms with Gasteiger partial charge in [-0.3, -0.25) is 4.68 Å².